The number of rotatable bonds is 3. The number of ketones is 1. The summed E-state index contributed by atoms with van der Waals surface area (Å²) in [6.07, 6.45) is 10.4. The summed E-state index contributed by atoms with van der Waals surface area (Å²) in [5.74, 6) is 0.873. The SMILES string of the molecule is Cn1ccnc1C(=O)C1(N2CCCC2)CCCC1. The molecule has 0 spiro atoms. The van der Waals surface area contributed by atoms with Gasteiger partial charge in [-0.1, -0.05) is 12.8 Å². The van der Waals surface area contributed by atoms with Crippen molar-refractivity contribution in [3.05, 3.63) is 18.2 Å². The van der Waals surface area contributed by atoms with Crippen molar-refractivity contribution in [3.63, 3.8) is 0 Å². The molecule has 0 radical (unpaired) electrons. The van der Waals surface area contributed by atoms with Gasteiger partial charge < -0.3 is 4.57 Å². The highest BCUT2D eigenvalue weighted by Gasteiger charge is 2.48. The fourth-order valence-electron chi connectivity index (χ4n) is 3.58. The third kappa shape index (κ3) is 1.70. The number of hydrogen-bond donors (Lipinski definition) is 0. The maximum absolute atomic E-state index is 12.9. The van der Waals surface area contributed by atoms with Crippen LogP contribution in [0.3, 0.4) is 0 Å². The normalized spacial score (nSPS) is 23.6. The zero-order valence-electron chi connectivity index (χ0n) is 11.1. The summed E-state index contributed by atoms with van der Waals surface area (Å²) in [6, 6.07) is 0. The standard InChI is InChI=1S/C14H21N3O/c1-16-11-8-15-13(16)12(18)14(6-2-3-7-14)17-9-4-5-10-17/h8,11H,2-7,9-10H2,1H3. The van der Waals surface area contributed by atoms with Gasteiger partial charge in [-0.15, -0.1) is 0 Å². The molecule has 2 heterocycles. The molecule has 1 aromatic rings. The minimum absolute atomic E-state index is 0.240. The lowest BCUT2D eigenvalue weighted by atomic mass is 9.89. The molecule has 1 saturated heterocycles. The van der Waals surface area contributed by atoms with E-state index in [4.69, 9.17) is 0 Å². The van der Waals surface area contributed by atoms with Crippen LogP contribution in [0, 0.1) is 0 Å². The highest BCUT2D eigenvalue weighted by atomic mass is 16.1. The molecule has 2 fully saturated rings. The van der Waals surface area contributed by atoms with Gasteiger partial charge in [-0.25, -0.2) is 4.98 Å². The number of Topliss-reactive ketones (excluding diaryl/α,β-unsaturated/α-hetero) is 1. The molecule has 3 rings (SSSR count). The van der Waals surface area contributed by atoms with Crippen LogP contribution in [0.1, 0.15) is 49.1 Å². The van der Waals surface area contributed by atoms with Gasteiger partial charge in [0.05, 0.1) is 5.54 Å². The number of carbonyl (C=O) groups excluding carboxylic acids is 1. The van der Waals surface area contributed by atoms with Gasteiger partial charge in [0.1, 0.15) is 0 Å². The first kappa shape index (κ1) is 11.9. The van der Waals surface area contributed by atoms with Crippen LogP contribution in [-0.2, 0) is 7.05 Å². The topological polar surface area (TPSA) is 38.1 Å². The molecule has 0 N–H and O–H groups in total. The first-order valence-electron chi connectivity index (χ1n) is 7.01. The Balaban J connectivity index is 1.94. The molecule has 0 aromatic carbocycles. The van der Waals surface area contributed by atoms with Gasteiger partial charge in [-0.2, -0.15) is 0 Å². The van der Waals surface area contributed by atoms with Crippen LogP contribution in [0.4, 0.5) is 0 Å². The number of aryl methyl sites for hydroxylation is 1. The lowest BCUT2D eigenvalue weighted by Gasteiger charge is -2.36. The molecule has 0 bridgehead atoms. The number of imidazole rings is 1. The summed E-state index contributed by atoms with van der Waals surface area (Å²) in [7, 11) is 1.91. The molecule has 2 aliphatic rings. The lowest BCUT2D eigenvalue weighted by molar-refractivity contribution is 0.0611. The van der Waals surface area contributed by atoms with Crippen molar-refractivity contribution in [1.29, 1.82) is 0 Å². The highest BCUT2D eigenvalue weighted by Crippen LogP contribution is 2.39. The molecule has 0 atom stereocenters. The van der Waals surface area contributed by atoms with Crippen LogP contribution in [0.5, 0.6) is 0 Å². The van der Waals surface area contributed by atoms with Crippen molar-refractivity contribution in [2.45, 2.75) is 44.1 Å². The number of hydrogen-bond acceptors (Lipinski definition) is 3. The maximum atomic E-state index is 12.9. The molecule has 1 aliphatic carbocycles. The van der Waals surface area contributed by atoms with E-state index in [1.165, 1.54) is 25.7 Å². The second-order valence-electron chi connectivity index (χ2n) is 5.62. The van der Waals surface area contributed by atoms with Crippen LogP contribution < -0.4 is 0 Å². The first-order valence-corrected chi connectivity index (χ1v) is 7.01. The number of carbonyl (C=O) groups is 1. The predicted molar refractivity (Wildman–Crippen MR) is 69.5 cm³/mol. The number of nitrogens with zero attached hydrogens (tertiary/aromatic N) is 3. The third-order valence-electron chi connectivity index (χ3n) is 4.59. The second-order valence-corrected chi connectivity index (χ2v) is 5.62. The molecule has 1 aliphatic heterocycles. The van der Waals surface area contributed by atoms with E-state index in [1.54, 1.807) is 6.20 Å². The van der Waals surface area contributed by atoms with E-state index in [2.05, 4.69) is 9.88 Å². The largest absolute Gasteiger partial charge is 0.332 e. The highest BCUT2D eigenvalue weighted by molar-refractivity contribution is 6.00. The summed E-state index contributed by atoms with van der Waals surface area (Å²) in [5, 5.41) is 0. The van der Waals surface area contributed by atoms with Gasteiger partial charge in [0.2, 0.25) is 5.78 Å². The third-order valence-corrected chi connectivity index (χ3v) is 4.59. The van der Waals surface area contributed by atoms with Gasteiger partial charge in [-0.3, -0.25) is 9.69 Å². The van der Waals surface area contributed by atoms with E-state index in [0.29, 0.717) is 5.82 Å². The Morgan fingerprint density at radius 1 is 1.22 bits per heavy atom. The molecule has 0 amide bonds. The first-order chi connectivity index (χ1) is 8.74. The van der Waals surface area contributed by atoms with Crippen LogP contribution in [0.2, 0.25) is 0 Å². The lowest BCUT2D eigenvalue weighted by Crippen LogP contribution is -2.52. The Morgan fingerprint density at radius 3 is 2.44 bits per heavy atom. The monoisotopic (exact) mass is 247 g/mol. The van der Waals surface area contributed by atoms with E-state index in [1.807, 2.05) is 17.8 Å². The second kappa shape index (κ2) is 4.50. The molecular formula is C14H21N3O. The van der Waals surface area contributed by atoms with Crippen LogP contribution in [0.25, 0.3) is 0 Å². The summed E-state index contributed by atoms with van der Waals surface area (Å²) >= 11 is 0. The summed E-state index contributed by atoms with van der Waals surface area (Å²) in [6.45, 7) is 2.16. The van der Waals surface area contributed by atoms with Crippen molar-refractivity contribution in [2.24, 2.45) is 7.05 Å². The van der Waals surface area contributed by atoms with Crippen molar-refractivity contribution in [2.75, 3.05) is 13.1 Å². The van der Waals surface area contributed by atoms with Gasteiger partial charge >= 0.3 is 0 Å². The summed E-state index contributed by atoms with van der Waals surface area (Å²) < 4.78 is 1.86. The molecule has 4 heteroatoms. The Labute approximate surface area is 108 Å². The minimum Gasteiger partial charge on any atom is -0.332 e. The molecule has 1 saturated carbocycles. The van der Waals surface area contributed by atoms with Gasteiger partial charge in [-0.05, 0) is 38.8 Å². The molecule has 4 nitrogen and oxygen atoms in total. The zero-order valence-corrected chi connectivity index (χ0v) is 11.1. The molecule has 98 valence electrons. The van der Waals surface area contributed by atoms with Crippen molar-refractivity contribution in [3.8, 4) is 0 Å². The van der Waals surface area contributed by atoms with Gasteiger partial charge in [0.15, 0.2) is 5.82 Å². The zero-order chi connectivity index (χ0) is 12.6. The smallest absolute Gasteiger partial charge is 0.218 e. The number of aromatic nitrogens is 2. The molecule has 0 unspecified atom stereocenters. The van der Waals surface area contributed by atoms with Crippen LogP contribution in [-0.4, -0.2) is 38.9 Å². The Hall–Kier alpha value is -1.16. The van der Waals surface area contributed by atoms with Crippen molar-refractivity contribution in [1.82, 2.24) is 14.5 Å². The van der Waals surface area contributed by atoms with E-state index < -0.39 is 0 Å². The van der Waals surface area contributed by atoms with Crippen LogP contribution >= 0.6 is 0 Å². The minimum atomic E-state index is -0.240. The van der Waals surface area contributed by atoms with E-state index in [-0.39, 0.29) is 11.3 Å². The van der Waals surface area contributed by atoms with Crippen molar-refractivity contribution >= 4 is 5.78 Å². The average molecular weight is 247 g/mol. The van der Waals surface area contributed by atoms with E-state index in [9.17, 15) is 4.79 Å². The van der Waals surface area contributed by atoms with E-state index in [0.717, 1.165) is 25.9 Å². The Bertz CT molecular complexity index is 440. The fraction of sp³-hybridized carbons (Fsp3) is 0.714. The summed E-state index contributed by atoms with van der Waals surface area (Å²) in [5.41, 5.74) is -0.240. The average Bonchev–Trinajstić information content (AvgIpc) is 3.10. The number of likely N-dealkylation sites (tertiary alicyclic amines) is 1. The Kier molecular flexibility index (Phi) is 2.98. The summed E-state index contributed by atoms with van der Waals surface area (Å²) in [4.78, 5) is 19.6. The molecular weight excluding hydrogens is 226 g/mol. The fourth-order valence-corrected chi connectivity index (χ4v) is 3.58. The quantitative estimate of drug-likeness (QED) is 0.767. The van der Waals surface area contributed by atoms with Gasteiger partial charge in [0, 0.05) is 19.4 Å². The van der Waals surface area contributed by atoms with E-state index >= 15 is 0 Å². The van der Waals surface area contributed by atoms with Crippen LogP contribution in [0.15, 0.2) is 12.4 Å². The van der Waals surface area contributed by atoms with Gasteiger partial charge in [0.25, 0.3) is 0 Å². The Morgan fingerprint density at radius 2 is 1.89 bits per heavy atom. The molecule has 1 aromatic heterocycles. The molecule has 18 heavy (non-hydrogen) atoms. The predicted octanol–water partition coefficient (Wildman–Crippen LogP) is 2.01. The maximum Gasteiger partial charge on any atom is 0.218 e. The van der Waals surface area contributed by atoms with Crippen molar-refractivity contribution < 1.29 is 4.79 Å².